The molecule has 52 heavy (non-hydrogen) atoms. The first-order chi connectivity index (χ1) is 24.1. The molecule has 0 saturated heterocycles. The third-order valence-corrected chi connectivity index (χ3v) is 10.8. The molecule has 0 aliphatic heterocycles. The minimum atomic E-state index is -0.0204. The van der Waals surface area contributed by atoms with Gasteiger partial charge >= 0.3 is 0 Å². The van der Waals surface area contributed by atoms with E-state index in [0.29, 0.717) is 46.9 Å². The van der Waals surface area contributed by atoms with Crippen LogP contribution in [-0.4, -0.2) is 24.9 Å². The van der Waals surface area contributed by atoms with Gasteiger partial charge in [0, 0.05) is 24.2 Å². The highest BCUT2D eigenvalue weighted by Crippen LogP contribution is 2.43. The van der Waals surface area contributed by atoms with Gasteiger partial charge in [-0.05, 0) is 127 Å². The summed E-state index contributed by atoms with van der Waals surface area (Å²) in [6.07, 6.45) is 6.56. The van der Waals surface area contributed by atoms with E-state index < -0.39 is 0 Å². The van der Waals surface area contributed by atoms with Crippen LogP contribution in [-0.2, 0) is 0 Å². The van der Waals surface area contributed by atoms with Crippen LogP contribution >= 0.6 is 0 Å². The van der Waals surface area contributed by atoms with Crippen molar-refractivity contribution in [3.05, 3.63) is 71.8 Å². The van der Waals surface area contributed by atoms with E-state index in [1.54, 1.807) is 0 Å². The van der Waals surface area contributed by atoms with Crippen LogP contribution in [0.4, 0.5) is 0 Å². The molecule has 0 aliphatic carbocycles. The normalized spacial score (nSPS) is 14.4. The van der Waals surface area contributed by atoms with E-state index in [1.165, 1.54) is 12.8 Å². The fourth-order valence-corrected chi connectivity index (χ4v) is 10.3. The third kappa shape index (κ3) is 9.46. The van der Waals surface area contributed by atoms with Gasteiger partial charge in [0.1, 0.15) is 0 Å². The van der Waals surface area contributed by atoms with Gasteiger partial charge in [-0.25, -0.2) is 0 Å². The molecule has 0 aliphatic rings. The van der Waals surface area contributed by atoms with Crippen molar-refractivity contribution in [2.24, 2.45) is 33.5 Å². The summed E-state index contributed by atoms with van der Waals surface area (Å²) < 4.78 is 0. The zero-order chi connectivity index (χ0) is 38.2. The second-order valence-corrected chi connectivity index (χ2v) is 20.3. The molecule has 5 aromatic carbocycles. The van der Waals surface area contributed by atoms with Gasteiger partial charge in [0.05, 0.1) is 0 Å². The summed E-state index contributed by atoms with van der Waals surface area (Å²) in [6.45, 7) is 29.3. The van der Waals surface area contributed by atoms with Gasteiger partial charge in [-0.1, -0.05) is 132 Å². The van der Waals surface area contributed by atoms with Crippen molar-refractivity contribution >= 4 is 54.9 Å². The first kappa shape index (κ1) is 39.5. The van der Waals surface area contributed by atoms with E-state index in [1.807, 2.05) is 12.1 Å². The number of hydrogen-bond acceptors (Lipinski definition) is 2. The topological polar surface area (TPSA) is 58.2 Å². The number of carbonyl (C=O) groups is 2. The lowest BCUT2D eigenvalue weighted by molar-refractivity contribution is 0.0942. The van der Waals surface area contributed by atoms with Crippen LogP contribution in [0.15, 0.2) is 60.7 Å². The number of rotatable bonds is 14. The maximum Gasteiger partial charge on any atom is 0.251 e. The Morgan fingerprint density at radius 3 is 1.17 bits per heavy atom. The number of fused-ring (bicyclic) bond motifs is 2. The van der Waals surface area contributed by atoms with Crippen molar-refractivity contribution in [2.45, 2.75) is 122 Å². The molecule has 2 N–H and O–H groups in total. The highest BCUT2D eigenvalue weighted by molar-refractivity contribution is 6.35. The van der Waals surface area contributed by atoms with Crippen LogP contribution in [0.2, 0.25) is 0 Å². The molecule has 0 aromatic heterocycles. The fourth-order valence-electron chi connectivity index (χ4n) is 10.3. The zero-order valence-corrected chi connectivity index (χ0v) is 34.4. The molecule has 0 bridgehead atoms. The van der Waals surface area contributed by atoms with Crippen LogP contribution in [0.5, 0.6) is 0 Å². The summed E-state index contributed by atoms with van der Waals surface area (Å²) in [5.41, 5.74) is 2.56. The molecule has 2 atom stereocenters. The molecule has 280 valence electrons. The van der Waals surface area contributed by atoms with Crippen LogP contribution in [0.3, 0.4) is 0 Å². The van der Waals surface area contributed by atoms with Gasteiger partial charge in [0.15, 0.2) is 0 Å². The van der Waals surface area contributed by atoms with Crippen LogP contribution < -0.4 is 10.6 Å². The Kier molecular flexibility index (Phi) is 11.4. The van der Waals surface area contributed by atoms with Crippen molar-refractivity contribution in [2.75, 3.05) is 13.1 Å². The van der Waals surface area contributed by atoms with Gasteiger partial charge in [-0.15, -0.1) is 0 Å². The van der Waals surface area contributed by atoms with Gasteiger partial charge in [-0.3, -0.25) is 9.59 Å². The average molecular weight is 703 g/mol. The zero-order valence-electron chi connectivity index (χ0n) is 34.4. The smallest absolute Gasteiger partial charge is 0.251 e. The molecular weight excluding hydrogens is 637 g/mol. The standard InChI is InChI=1S/C48H66N2O2/c1-31(27-47(9,10)29-45(3,4)5)23-25-49-43(51)39-21-19-37-34-16-14-18-36-40(22-20-38(42(34)36)33-15-13-17-35(39)41(33)37)44(52)50-26-24-32(2)28-48(11,12)30-46(6,7)8/h13-22,31-32H,23-30H2,1-12H3,(H,49,51)(H,50,52). The Labute approximate surface area is 314 Å². The lowest BCUT2D eigenvalue weighted by Crippen LogP contribution is -2.28. The first-order valence-corrected chi connectivity index (χ1v) is 19.8. The van der Waals surface area contributed by atoms with Crippen molar-refractivity contribution in [1.29, 1.82) is 0 Å². The highest BCUT2D eigenvalue weighted by Gasteiger charge is 2.28. The van der Waals surface area contributed by atoms with Gasteiger partial charge in [-0.2, -0.15) is 0 Å². The number of carbonyl (C=O) groups excluding carboxylic acids is 2. The van der Waals surface area contributed by atoms with E-state index in [0.717, 1.165) is 68.8 Å². The van der Waals surface area contributed by atoms with Crippen LogP contribution in [0.1, 0.15) is 142 Å². The maximum atomic E-state index is 13.7. The molecule has 4 nitrogen and oxygen atoms in total. The lowest BCUT2D eigenvalue weighted by atomic mass is 9.71. The van der Waals surface area contributed by atoms with Crippen molar-refractivity contribution in [3.63, 3.8) is 0 Å². The molecule has 4 heteroatoms. The molecule has 5 aromatic rings. The molecule has 0 spiro atoms. The predicted octanol–water partition coefficient (Wildman–Crippen LogP) is 13.0. The monoisotopic (exact) mass is 703 g/mol. The summed E-state index contributed by atoms with van der Waals surface area (Å²) in [5, 5.41) is 15.1. The molecule has 0 heterocycles. The Balaban J connectivity index is 1.34. The average Bonchev–Trinajstić information content (AvgIpc) is 3.00. The summed E-state index contributed by atoms with van der Waals surface area (Å²) >= 11 is 0. The third-order valence-electron chi connectivity index (χ3n) is 10.8. The minimum Gasteiger partial charge on any atom is -0.352 e. The van der Waals surface area contributed by atoms with E-state index in [9.17, 15) is 9.59 Å². The summed E-state index contributed by atoms with van der Waals surface area (Å²) in [6, 6.07) is 20.7. The molecule has 0 saturated carbocycles. The number of benzene rings is 5. The number of nitrogens with one attached hydrogen (secondary N) is 2. The summed E-state index contributed by atoms with van der Waals surface area (Å²) in [5.74, 6) is 1.01. The molecular formula is C48H66N2O2. The van der Waals surface area contributed by atoms with E-state index in [-0.39, 0.29) is 22.6 Å². The molecule has 0 radical (unpaired) electrons. The second kappa shape index (κ2) is 15.0. The molecule has 5 rings (SSSR count). The quantitative estimate of drug-likeness (QED) is 0.0894. The SMILES string of the molecule is CC(CCNC(=O)c1ccc2c3cccc4c(C(=O)NCCC(C)CC(C)(C)CC(C)(C)C)ccc(c5cccc1c52)c43)CC(C)(C)CC(C)(C)C. The Bertz CT molecular complexity index is 1870. The second-order valence-electron chi connectivity index (χ2n) is 20.3. The summed E-state index contributed by atoms with van der Waals surface area (Å²) in [7, 11) is 0. The van der Waals surface area contributed by atoms with E-state index >= 15 is 0 Å². The first-order valence-electron chi connectivity index (χ1n) is 19.8. The fraction of sp³-hybridized carbons (Fsp3) is 0.542. The van der Waals surface area contributed by atoms with E-state index in [2.05, 4.69) is 142 Å². The van der Waals surface area contributed by atoms with Crippen molar-refractivity contribution in [3.8, 4) is 0 Å². The van der Waals surface area contributed by atoms with Crippen LogP contribution in [0, 0.1) is 33.5 Å². The minimum absolute atomic E-state index is 0.0204. The molecule has 2 amide bonds. The number of amides is 2. The van der Waals surface area contributed by atoms with E-state index in [4.69, 9.17) is 0 Å². The Morgan fingerprint density at radius 1 is 0.500 bits per heavy atom. The predicted molar refractivity (Wildman–Crippen MR) is 225 cm³/mol. The van der Waals surface area contributed by atoms with Gasteiger partial charge < -0.3 is 10.6 Å². The van der Waals surface area contributed by atoms with Crippen LogP contribution in [0.25, 0.3) is 43.1 Å². The molecule has 2 unspecified atom stereocenters. The largest absolute Gasteiger partial charge is 0.352 e. The molecule has 0 fully saturated rings. The van der Waals surface area contributed by atoms with Gasteiger partial charge in [0.25, 0.3) is 11.8 Å². The number of hydrogen-bond donors (Lipinski definition) is 2. The van der Waals surface area contributed by atoms with Crippen molar-refractivity contribution in [1.82, 2.24) is 10.6 Å². The van der Waals surface area contributed by atoms with Gasteiger partial charge in [0.2, 0.25) is 0 Å². The van der Waals surface area contributed by atoms with Crippen molar-refractivity contribution < 1.29 is 9.59 Å². The Morgan fingerprint density at radius 2 is 0.827 bits per heavy atom. The Hall–Kier alpha value is -3.66. The summed E-state index contributed by atoms with van der Waals surface area (Å²) in [4.78, 5) is 27.4. The lowest BCUT2D eigenvalue weighted by Gasteiger charge is -2.34. The highest BCUT2D eigenvalue weighted by atomic mass is 16.2. The maximum absolute atomic E-state index is 13.7.